The van der Waals surface area contributed by atoms with E-state index in [0.717, 1.165) is 5.56 Å². The molecule has 0 amide bonds. The molecule has 0 spiro atoms. The zero-order chi connectivity index (χ0) is 15.6. The van der Waals surface area contributed by atoms with Gasteiger partial charge in [-0.2, -0.15) is 0 Å². The summed E-state index contributed by atoms with van der Waals surface area (Å²) in [6.07, 6.45) is 1.61. The second kappa shape index (κ2) is 5.83. The van der Waals surface area contributed by atoms with E-state index in [1.54, 1.807) is 38.2 Å². The monoisotopic (exact) mass is 306 g/mol. The number of nitrogens with zero attached hydrogens (tertiary/aromatic N) is 1. The molecule has 0 unspecified atom stereocenters. The van der Waals surface area contributed by atoms with Crippen LogP contribution in [0.1, 0.15) is 22.4 Å². The average molecular weight is 306 g/mol. The molecule has 1 aromatic heterocycles. The summed E-state index contributed by atoms with van der Waals surface area (Å²) in [5.74, 6) is 0. The molecule has 1 heterocycles. The number of sulfonamides is 1. The van der Waals surface area contributed by atoms with Crippen LogP contribution in [0.2, 0.25) is 0 Å². The summed E-state index contributed by atoms with van der Waals surface area (Å²) in [7, 11) is -3.72. The number of aliphatic hydroxyl groups is 1. The lowest BCUT2D eigenvalue weighted by atomic mass is 10.1. The highest BCUT2D eigenvalue weighted by atomic mass is 32.2. The zero-order valence-corrected chi connectivity index (χ0v) is 13.0. The Kier molecular flexibility index (Phi) is 4.29. The molecule has 0 saturated heterocycles. The van der Waals surface area contributed by atoms with Crippen molar-refractivity contribution in [1.82, 2.24) is 4.98 Å². The fraction of sp³-hybridized carbons (Fsp3) is 0.267. The van der Waals surface area contributed by atoms with Crippen molar-refractivity contribution in [2.24, 2.45) is 0 Å². The van der Waals surface area contributed by atoms with Gasteiger partial charge in [-0.25, -0.2) is 8.42 Å². The quantitative estimate of drug-likeness (QED) is 0.908. The molecule has 112 valence electrons. The molecule has 6 heteroatoms. The summed E-state index contributed by atoms with van der Waals surface area (Å²) in [5, 5.41) is 9.31. The minimum Gasteiger partial charge on any atom is -0.392 e. The summed E-state index contributed by atoms with van der Waals surface area (Å²) in [5.41, 5.74) is 3.16. The number of pyridine rings is 1. The number of hydrogen-bond donors (Lipinski definition) is 2. The Morgan fingerprint density at radius 1 is 1.19 bits per heavy atom. The third-order valence-corrected chi connectivity index (χ3v) is 4.85. The van der Waals surface area contributed by atoms with Crippen molar-refractivity contribution in [1.29, 1.82) is 0 Å². The predicted octanol–water partition coefficient (Wildman–Crippen LogP) is 2.30. The van der Waals surface area contributed by atoms with E-state index in [2.05, 4.69) is 9.71 Å². The molecule has 0 atom stereocenters. The Labute approximate surface area is 124 Å². The maximum absolute atomic E-state index is 12.5. The predicted molar refractivity (Wildman–Crippen MR) is 81.6 cm³/mol. The van der Waals surface area contributed by atoms with Gasteiger partial charge in [0.25, 0.3) is 10.0 Å². The molecular formula is C15H18N2O3S. The van der Waals surface area contributed by atoms with Gasteiger partial charge >= 0.3 is 0 Å². The van der Waals surface area contributed by atoms with Gasteiger partial charge in [0.1, 0.15) is 0 Å². The summed E-state index contributed by atoms with van der Waals surface area (Å²) in [6.45, 7) is 5.12. The molecule has 2 N–H and O–H groups in total. The fourth-order valence-electron chi connectivity index (χ4n) is 2.13. The normalized spacial score (nSPS) is 11.4. The number of aliphatic hydroxyl groups excluding tert-OH is 1. The van der Waals surface area contributed by atoms with E-state index in [-0.39, 0.29) is 11.5 Å². The molecule has 0 bridgehead atoms. The molecule has 0 fully saturated rings. The first-order valence-electron chi connectivity index (χ1n) is 6.50. The largest absolute Gasteiger partial charge is 0.392 e. The number of nitrogens with one attached hydrogen (secondary N) is 1. The maximum atomic E-state index is 12.5. The highest BCUT2D eigenvalue weighted by Gasteiger charge is 2.19. The van der Waals surface area contributed by atoms with E-state index < -0.39 is 10.0 Å². The number of benzene rings is 1. The topological polar surface area (TPSA) is 79.3 Å². The lowest BCUT2D eigenvalue weighted by molar-refractivity contribution is 0.280. The van der Waals surface area contributed by atoms with E-state index in [4.69, 9.17) is 0 Å². The number of rotatable bonds is 4. The van der Waals surface area contributed by atoms with Gasteiger partial charge in [0, 0.05) is 6.20 Å². The summed E-state index contributed by atoms with van der Waals surface area (Å²) < 4.78 is 27.6. The summed E-state index contributed by atoms with van der Waals surface area (Å²) in [6, 6.07) is 6.61. The van der Waals surface area contributed by atoms with Gasteiger partial charge in [0.2, 0.25) is 0 Å². The van der Waals surface area contributed by atoms with Crippen LogP contribution in [0.3, 0.4) is 0 Å². The lowest BCUT2D eigenvalue weighted by Crippen LogP contribution is -2.16. The van der Waals surface area contributed by atoms with Crippen molar-refractivity contribution in [3.63, 3.8) is 0 Å². The Balaban J connectivity index is 2.47. The molecule has 0 aliphatic heterocycles. The van der Waals surface area contributed by atoms with Crippen LogP contribution >= 0.6 is 0 Å². The van der Waals surface area contributed by atoms with Crippen molar-refractivity contribution in [2.75, 3.05) is 4.72 Å². The number of hydrogen-bond acceptors (Lipinski definition) is 4. The van der Waals surface area contributed by atoms with E-state index in [9.17, 15) is 13.5 Å². The van der Waals surface area contributed by atoms with Crippen molar-refractivity contribution in [3.8, 4) is 0 Å². The van der Waals surface area contributed by atoms with Crippen LogP contribution in [0, 0.1) is 20.8 Å². The zero-order valence-electron chi connectivity index (χ0n) is 12.2. The van der Waals surface area contributed by atoms with Gasteiger partial charge in [-0.15, -0.1) is 0 Å². The SMILES string of the molecule is Cc1cc(C)c(S(=O)(=O)Nc2cccnc2C)cc1CO. The van der Waals surface area contributed by atoms with E-state index >= 15 is 0 Å². The first-order chi connectivity index (χ1) is 9.85. The molecule has 21 heavy (non-hydrogen) atoms. The Morgan fingerprint density at radius 3 is 2.52 bits per heavy atom. The Morgan fingerprint density at radius 2 is 1.90 bits per heavy atom. The van der Waals surface area contributed by atoms with Crippen molar-refractivity contribution in [3.05, 3.63) is 52.8 Å². The molecule has 2 rings (SSSR count). The molecule has 0 aliphatic carbocycles. The molecule has 0 radical (unpaired) electrons. The second-order valence-corrected chi connectivity index (χ2v) is 6.59. The van der Waals surface area contributed by atoms with Gasteiger partial charge in [-0.05, 0) is 55.7 Å². The minimum atomic E-state index is -3.72. The highest BCUT2D eigenvalue weighted by molar-refractivity contribution is 7.92. The standard InChI is InChI=1S/C15H18N2O3S/c1-10-7-11(2)15(8-13(10)9-18)21(19,20)17-14-5-4-6-16-12(14)3/h4-8,17-18H,9H2,1-3H3. The minimum absolute atomic E-state index is 0.167. The molecule has 2 aromatic rings. The first kappa shape index (κ1) is 15.5. The fourth-order valence-corrected chi connectivity index (χ4v) is 3.52. The Hall–Kier alpha value is -1.92. The van der Waals surface area contributed by atoms with Gasteiger partial charge in [-0.1, -0.05) is 6.07 Å². The molecular weight excluding hydrogens is 288 g/mol. The Bertz CT molecular complexity index is 770. The van der Waals surface area contributed by atoms with Crippen molar-refractivity contribution in [2.45, 2.75) is 32.3 Å². The van der Waals surface area contributed by atoms with Gasteiger partial charge in [0.15, 0.2) is 0 Å². The van der Waals surface area contributed by atoms with E-state index in [0.29, 0.717) is 22.5 Å². The van der Waals surface area contributed by atoms with Gasteiger partial charge in [-0.3, -0.25) is 9.71 Å². The number of anilines is 1. The molecule has 0 saturated carbocycles. The number of aryl methyl sites for hydroxylation is 3. The smallest absolute Gasteiger partial charge is 0.262 e. The highest BCUT2D eigenvalue weighted by Crippen LogP contribution is 2.24. The molecule has 1 aromatic carbocycles. The van der Waals surface area contributed by atoms with Crippen LogP contribution in [0.4, 0.5) is 5.69 Å². The van der Waals surface area contributed by atoms with Crippen LogP contribution in [0.15, 0.2) is 35.4 Å². The summed E-state index contributed by atoms with van der Waals surface area (Å²) >= 11 is 0. The third-order valence-electron chi connectivity index (χ3n) is 3.34. The maximum Gasteiger partial charge on any atom is 0.262 e. The molecule has 0 aliphatic rings. The van der Waals surface area contributed by atoms with Crippen molar-refractivity contribution < 1.29 is 13.5 Å². The van der Waals surface area contributed by atoms with Gasteiger partial charge < -0.3 is 5.11 Å². The third kappa shape index (κ3) is 3.22. The number of aromatic nitrogens is 1. The first-order valence-corrected chi connectivity index (χ1v) is 7.99. The lowest BCUT2D eigenvalue weighted by Gasteiger charge is -2.14. The van der Waals surface area contributed by atoms with Crippen LogP contribution in [-0.4, -0.2) is 18.5 Å². The van der Waals surface area contributed by atoms with E-state index in [1.165, 1.54) is 6.07 Å². The van der Waals surface area contributed by atoms with E-state index in [1.807, 2.05) is 6.92 Å². The van der Waals surface area contributed by atoms with Crippen LogP contribution < -0.4 is 4.72 Å². The van der Waals surface area contributed by atoms with Gasteiger partial charge in [0.05, 0.1) is 22.9 Å². The average Bonchev–Trinajstić information content (AvgIpc) is 2.41. The van der Waals surface area contributed by atoms with Crippen LogP contribution in [0.25, 0.3) is 0 Å². The van der Waals surface area contributed by atoms with Crippen LogP contribution in [-0.2, 0) is 16.6 Å². The molecule has 5 nitrogen and oxygen atoms in total. The second-order valence-electron chi connectivity index (χ2n) is 4.94. The van der Waals surface area contributed by atoms with Crippen molar-refractivity contribution >= 4 is 15.7 Å². The van der Waals surface area contributed by atoms with Crippen LogP contribution in [0.5, 0.6) is 0 Å². The summed E-state index contributed by atoms with van der Waals surface area (Å²) in [4.78, 5) is 4.23.